The maximum Gasteiger partial charge on any atom is 0.245 e. The minimum absolute atomic E-state index is 0.101. The predicted octanol–water partition coefficient (Wildman–Crippen LogP) is 5.76. The van der Waals surface area contributed by atoms with Crippen molar-refractivity contribution < 1.29 is 9.09 Å². The van der Waals surface area contributed by atoms with Crippen LogP contribution in [-0.2, 0) is 9.09 Å². The van der Waals surface area contributed by atoms with Gasteiger partial charge in [0.2, 0.25) is 7.37 Å². The van der Waals surface area contributed by atoms with E-state index in [0.29, 0.717) is 24.0 Å². The van der Waals surface area contributed by atoms with E-state index >= 15 is 0 Å². The fourth-order valence-corrected chi connectivity index (χ4v) is 6.54. The molecule has 2 rings (SSSR count). The average Bonchev–Trinajstić information content (AvgIpc) is 2.60. The topological polar surface area (TPSA) is 29.5 Å². The fraction of sp³-hybridized carbons (Fsp3) is 0.727. The molecule has 0 heterocycles. The van der Waals surface area contributed by atoms with Crippen LogP contribution in [0.3, 0.4) is 0 Å². The molecule has 26 heavy (non-hydrogen) atoms. The highest BCUT2D eigenvalue weighted by molar-refractivity contribution is 7.66. The first-order valence-corrected chi connectivity index (χ1v) is 12.2. The van der Waals surface area contributed by atoms with Gasteiger partial charge in [-0.3, -0.25) is 9.46 Å². The molecular weight excluding hydrogens is 341 g/mol. The first-order valence-electron chi connectivity index (χ1n) is 10.4. The summed E-state index contributed by atoms with van der Waals surface area (Å²) in [6.45, 7) is 10.0. The predicted molar refractivity (Wildman–Crippen MR) is 112 cm³/mol. The molecule has 0 radical (unpaired) electrons. The largest absolute Gasteiger partial charge is 0.321 e. The molecule has 1 fully saturated rings. The molecule has 4 unspecified atom stereocenters. The Bertz CT molecular complexity index is 575. The molecule has 0 bridgehead atoms. The van der Waals surface area contributed by atoms with Crippen molar-refractivity contribution in [1.82, 2.24) is 4.90 Å². The monoisotopic (exact) mass is 379 g/mol. The molecule has 4 heteroatoms. The zero-order valence-electron chi connectivity index (χ0n) is 17.4. The first-order chi connectivity index (χ1) is 12.4. The summed E-state index contributed by atoms with van der Waals surface area (Å²) in [5, 5.41) is 0.865. The van der Waals surface area contributed by atoms with Gasteiger partial charge in [0.25, 0.3) is 0 Å². The van der Waals surface area contributed by atoms with Gasteiger partial charge in [0.1, 0.15) is 0 Å². The molecule has 3 nitrogen and oxygen atoms in total. The van der Waals surface area contributed by atoms with Gasteiger partial charge >= 0.3 is 0 Å². The Morgan fingerprint density at radius 3 is 2.54 bits per heavy atom. The van der Waals surface area contributed by atoms with Crippen molar-refractivity contribution in [3.63, 3.8) is 0 Å². The number of hydrogen-bond donors (Lipinski definition) is 0. The number of hydrogen-bond acceptors (Lipinski definition) is 3. The number of nitrogens with zero attached hydrogens (tertiary/aromatic N) is 1. The maximum atomic E-state index is 14.1. The van der Waals surface area contributed by atoms with E-state index in [2.05, 4.69) is 39.6 Å². The molecule has 1 aromatic rings. The van der Waals surface area contributed by atoms with Crippen LogP contribution in [0.1, 0.15) is 59.8 Å². The van der Waals surface area contributed by atoms with Crippen LogP contribution < -0.4 is 5.30 Å². The SMILES string of the molecule is CCCCN(C)CP(=O)(OC1CC(C)CCC1C(C)C)c1ccccc1. The zero-order valence-corrected chi connectivity index (χ0v) is 18.3. The van der Waals surface area contributed by atoms with E-state index in [1.54, 1.807) is 0 Å². The van der Waals surface area contributed by atoms with Crippen LogP contribution >= 0.6 is 7.37 Å². The zero-order chi connectivity index (χ0) is 19.2. The minimum Gasteiger partial charge on any atom is -0.321 e. The summed E-state index contributed by atoms with van der Waals surface area (Å²) < 4.78 is 20.6. The standard InChI is InChI=1S/C22H38NO2P/c1-6-7-15-23(5)17-26(24,20-11-9-8-10-12-20)25-22-16-19(4)13-14-21(22)18(2)3/h8-12,18-19,21-22H,6-7,13-17H2,1-5H3. The van der Waals surface area contributed by atoms with Gasteiger partial charge in [-0.1, -0.05) is 58.7 Å². The molecule has 1 aromatic carbocycles. The van der Waals surface area contributed by atoms with E-state index in [9.17, 15) is 4.57 Å². The lowest BCUT2D eigenvalue weighted by atomic mass is 9.75. The molecule has 0 N–H and O–H groups in total. The second-order valence-corrected chi connectivity index (χ2v) is 10.9. The van der Waals surface area contributed by atoms with Crippen LogP contribution in [0.15, 0.2) is 30.3 Å². The lowest BCUT2D eigenvalue weighted by Gasteiger charge is -2.39. The van der Waals surface area contributed by atoms with Gasteiger partial charge < -0.3 is 4.52 Å². The van der Waals surface area contributed by atoms with Crippen LogP contribution in [0.25, 0.3) is 0 Å². The lowest BCUT2D eigenvalue weighted by Crippen LogP contribution is -2.36. The van der Waals surface area contributed by atoms with Crippen molar-refractivity contribution in [3.8, 4) is 0 Å². The van der Waals surface area contributed by atoms with E-state index in [1.807, 2.05) is 30.3 Å². The van der Waals surface area contributed by atoms with Crippen molar-refractivity contribution in [2.24, 2.45) is 17.8 Å². The fourth-order valence-electron chi connectivity index (χ4n) is 4.10. The number of benzene rings is 1. The summed E-state index contributed by atoms with van der Waals surface area (Å²) in [5.41, 5.74) is 0. The highest BCUT2D eigenvalue weighted by Crippen LogP contribution is 2.51. The molecule has 1 saturated carbocycles. The van der Waals surface area contributed by atoms with Crippen molar-refractivity contribution in [1.29, 1.82) is 0 Å². The quantitative estimate of drug-likeness (QED) is 0.511. The van der Waals surface area contributed by atoms with Gasteiger partial charge in [-0.2, -0.15) is 0 Å². The van der Waals surface area contributed by atoms with Crippen molar-refractivity contribution >= 4 is 12.7 Å². The van der Waals surface area contributed by atoms with Crippen LogP contribution in [0.2, 0.25) is 0 Å². The smallest absolute Gasteiger partial charge is 0.245 e. The number of unbranched alkanes of at least 4 members (excludes halogenated alkanes) is 1. The third kappa shape index (κ3) is 5.94. The summed E-state index contributed by atoms with van der Waals surface area (Å²) in [4.78, 5) is 2.19. The summed E-state index contributed by atoms with van der Waals surface area (Å²) in [7, 11) is -0.847. The van der Waals surface area contributed by atoms with Gasteiger partial charge in [-0.05, 0) is 62.7 Å². The maximum absolute atomic E-state index is 14.1. The summed E-state index contributed by atoms with van der Waals surface area (Å²) in [5.74, 6) is 1.72. The van der Waals surface area contributed by atoms with Crippen LogP contribution in [0.4, 0.5) is 0 Å². The average molecular weight is 380 g/mol. The lowest BCUT2D eigenvalue weighted by molar-refractivity contribution is 0.0483. The molecule has 4 atom stereocenters. The molecule has 0 amide bonds. The summed E-state index contributed by atoms with van der Waals surface area (Å²) >= 11 is 0. The van der Waals surface area contributed by atoms with Gasteiger partial charge in [0.15, 0.2) is 0 Å². The van der Waals surface area contributed by atoms with E-state index in [0.717, 1.165) is 31.1 Å². The van der Waals surface area contributed by atoms with Gasteiger partial charge in [-0.25, -0.2) is 0 Å². The molecule has 1 aliphatic carbocycles. The third-order valence-electron chi connectivity index (χ3n) is 5.74. The molecule has 0 spiro atoms. The van der Waals surface area contributed by atoms with Crippen molar-refractivity contribution in [2.75, 3.05) is 19.9 Å². The molecule has 0 aliphatic heterocycles. The van der Waals surface area contributed by atoms with Gasteiger partial charge in [0.05, 0.1) is 12.4 Å². The molecular formula is C22H38NO2P. The Morgan fingerprint density at radius 2 is 1.92 bits per heavy atom. The molecule has 1 aliphatic rings. The van der Waals surface area contributed by atoms with E-state index in [4.69, 9.17) is 4.52 Å². The third-order valence-corrected chi connectivity index (χ3v) is 8.29. The highest BCUT2D eigenvalue weighted by Gasteiger charge is 2.38. The van der Waals surface area contributed by atoms with E-state index in [1.165, 1.54) is 12.8 Å². The Kier molecular flexibility index (Phi) is 8.39. The second-order valence-electron chi connectivity index (χ2n) is 8.55. The molecule has 0 aromatic heterocycles. The van der Waals surface area contributed by atoms with Crippen molar-refractivity contribution in [3.05, 3.63) is 30.3 Å². The Morgan fingerprint density at radius 1 is 1.23 bits per heavy atom. The Hall–Kier alpha value is -0.630. The first kappa shape index (κ1) is 21.7. The Balaban J connectivity index is 2.24. The highest BCUT2D eigenvalue weighted by atomic mass is 31.2. The van der Waals surface area contributed by atoms with E-state index in [-0.39, 0.29) is 6.10 Å². The van der Waals surface area contributed by atoms with E-state index < -0.39 is 7.37 Å². The molecule has 0 saturated heterocycles. The summed E-state index contributed by atoms with van der Waals surface area (Å²) in [6.07, 6.45) is 6.35. The normalized spacial score (nSPS) is 26.2. The van der Waals surface area contributed by atoms with Crippen LogP contribution in [-0.4, -0.2) is 30.9 Å². The van der Waals surface area contributed by atoms with Gasteiger partial charge in [-0.15, -0.1) is 0 Å². The van der Waals surface area contributed by atoms with Crippen LogP contribution in [0, 0.1) is 17.8 Å². The van der Waals surface area contributed by atoms with Gasteiger partial charge in [0, 0.05) is 5.30 Å². The molecule has 148 valence electrons. The second kappa shape index (κ2) is 10.1. The van der Waals surface area contributed by atoms with Crippen molar-refractivity contribution in [2.45, 2.75) is 65.9 Å². The minimum atomic E-state index is -2.91. The Labute approximate surface area is 161 Å². The van der Waals surface area contributed by atoms with Crippen LogP contribution in [0.5, 0.6) is 0 Å². The number of rotatable bonds is 9. The summed E-state index contributed by atoms with van der Waals surface area (Å²) in [6, 6.07) is 9.88.